The van der Waals surface area contributed by atoms with Crippen LogP contribution in [0.3, 0.4) is 0 Å². The number of aliphatic hydroxyl groups excluding tert-OH is 1. The monoisotopic (exact) mass is 239 g/mol. The largest absolute Gasteiger partial charge is 1.00 e. The van der Waals surface area contributed by atoms with E-state index in [1.54, 1.807) is 0 Å². The Balaban J connectivity index is 0.00000112. The number of hydrogen-bond donors (Lipinski definition) is 2. The van der Waals surface area contributed by atoms with Crippen LogP contribution in [0, 0.1) is 0 Å². The molecule has 2 fully saturated rings. The molecule has 78 valence electrons. The van der Waals surface area contributed by atoms with Gasteiger partial charge < -0.3 is 16.4 Å². The van der Waals surface area contributed by atoms with E-state index in [4.69, 9.17) is 14.9 Å². The zero-order valence-electron chi connectivity index (χ0n) is 9.21. The first kappa shape index (κ1) is 13.1. The van der Waals surface area contributed by atoms with Crippen LogP contribution in [0.2, 0.25) is 0 Å². The Hall–Kier alpha value is 0.0764. The maximum absolute atomic E-state index is 11.1. The molecule has 7 heteroatoms. The Morgan fingerprint density at radius 2 is 2.40 bits per heavy atom. The van der Waals surface area contributed by atoms with Crippen molar-refractivity contribution >= 4 is 11.9 Å². The van der Waals surface area contributed by atoms with E-state index < -0.39 is 18.2 Å². The van der Waals surface area contributed by atoms with Crippen LogP contribution in [-0.4, -0.2) is 45.9 Å². The van der Waals surface area contributed by atoms with Crippen LogP contribution in [0.5, 0.6) is 0 Å². The van der Waals surface area contributed by atoms with Gasteiger partial charge in [0.25, 0.3) is 0 Å². The number of aliphatic hydroxyl groups is 1. The van der Waals surface area contributed by atoms with Crippen LogP contribution in [0.15, 0.2) is 11.8 Å². The summed E-state index contributed by atoms with van der Waals surface area (Å²) in [5.74, 6) is -1.22. The zero-order chi connectivity index (χ0) is 10.3. The number of hydrogen-bond acceptors (Lipinski definition) is 4. The second kappa shape index (κ2) is 4.94. The van der Waals surface area contributed by atoms with Crippen molar-refractivity contribution in [2.45, 2.75) is 18.7 Å². The van der Waals surface area contributed by atoms with Gasteiger partial charge in [-0.05, 0) is 6.08 Å². The van der Waals surface area contributed by atoms with E-state index in [1.807, 2.05) is 0 Å². The minimum absolute atomic E-state index is 0. The van der Waals surface area contributed by atoms with Gasteiger partial charge in [-0.15, -0.1) is 0 Å². The molecule has 0 aromatic carbocycles. The fourth-order valence-electron chi connectivity index (χ4n) is 1.66. The van der Waals surface area contributed by atoms with E-state index in [1.165, 1.54) is 11.0 Å². The van der Waals surface area contributed by atoms with Gasteiger partial charge in [-0.2, -0.15) is 0 Å². The molecule has 0 radical (unpaired) electrons. The quantitative estimate of drug-likeness (QED) is 0.379. The van der Waals surface area contributed by atoms with Crippen molar-refractivity contribution in [1.29, 1.82) is 0 Å². The Labute approximate surface area is 130 Å². The maximum Gasteiger partial charge on any atom is 1.00 e. The molecule has 2 heterocycles. The van der Waals surface area contributed by atoms with Crippen molar-refractivity contribution in [2.75, 3.05) is 6.61 Å². The molecule has 2 N–H and O–H groups in total. The minimum atomic E-state index is -1.14. The van der Waals surface area contributed by atoms with E-state index in [9.17, 15) is 9.59 Å². The molecule has 2 aliphatic rings. The summed E-state index contributed by atoms with van der Waals surface area (Å²) >= 11 is 0. The van der Waals surface area contributed by atoms with Gasteiger partial charge in [-0.3, -0.25) is 9.69 Å². The number of ether oxygens (including phenoxy) is 1. The number of rotatable bonds is 2. The van der Waals surface area contributed by atoms with Crippen molar-refractivity contribution < 1.29 is 77.4 Å². The van der Waals surface area contributed by atoms with Gasteiger partial charge in [0.05, 0.1) is 13.0 Å². The van der Waals surface area contributed by atoms with E-state index in [2.05, 4.69) is 0 Å². The van der Waals surface area contributed by atoms with E-state index >= 15 is 0 Å². The average Bonchev–Trinajstić information content (AvgIpc) is 2.39. The molecule has 2 aliphatic heterocycles. The van der Waals surface area contributed by atoms with Crippen molar-refractivity contribution in [3.63, 3.8) is 0 Å². The third kappa shape index (κ3) is 2.13. The third-order valence-electron chi connectivity index (χ3n) is 2.29. The van der Waals surface area contributed by atoms with Crippen LogP contribution in [-0.2, 0) is 14.3 Å². The fourth-order valence-corrected chi connectivity index (χ4v) is 1.66. The number of amides is 1. The van der Waals surface area contributed by atoms with Crippen LogP contribution in [0.1, 0.15) is 7.85 Å². The van der Waals surface area contributed by atoms with Gasteiger partial charge in [0.2, 0.25) is 5.91 Å². The van der Waals surface area contributed by atoms with Gasteiger partial charge in [0.15, 0.2) is 12.3 Å². The molecule has 0 bridgehead atoms. The zero-order valence-corrected chi connectivity index (χ0v) is 11.3. The van der Waals surface area contributed by atoms with Gasteiger partial charge in [0, 0.05) is 0 Å². The smallest absolute Gasteiger partial charge is 1.00 e. The maximum atomic E-state index is 11.1. The van der Waals surface area contributed by atoms with Gasteiger partial charge in [-0.1, -0.05) is 0 Å². The predicted octanol–water partition coefficient (Wildman–Crippen LogP) is -3.98. The molecule has 1 unspecified atom stereocenters. The number of carboxylic acids is 1. The molecule has 15 heavy (non-hydrogen) atoms. The molecule has 1 amide bonds. The number of nitrogens with zero attached hydrogens (tertiary/aromatic N) is 1. The summed E-state index contributed by atoms with van der Waals surface area (Å²) in [4.78, 5) is 23.1. The Morgan fingerprint density at radius 1 is 1.73 bits per heavy atom. The molecule has 0 saturated carbocycles. The molecular weight excluding hydrogens is 229 g/mol. The number of fused-ring (bicyclic) bond motifs is 1. The predicted molar refractivity (Wildman–Crippen MR) is 44.0 cm³/mol. The summed E-state index contributed by atoms with van der Waals surface area (Å²) in [7, 11) is 0. The first-order valence-electron chi connectivity index (χ1n) is 4.16. The second-order valence-electron chi connectivity index (χ2n) is 3.11. The summed E-state index contributed by atoms with van der Waals surface area (Å²) in [6.45, 7) is -0.298. The second-order valence-corrected chi connectivity index (χ2v) is 3.11. The number of carboxylic acid groups (broad SMARTS) is 1. The number of carbonyl (C=O) groups is 2. The van der Waals surface area contributed by atoms with Crippen LogP contribution >= 0.6 is 0 Å². The summed E-state index contributed by atoms with van der Waals surface area (Å²) in [5.41, 5.74) is 0. The fraction of sp³-hybridized carbons (Fsp3) is 0.500. The topological polar surface area (TPSA) is 87.1 Å². The van der Waals surface area contributed by atoms with Crippen molar-refractivity contribution in [3.05, 3.63) is 11.8 Å². The van der Waals surface area contributed by atoms with E-state index in [0.717, 1.165) is 0 Å². The Morgan fingerprint density at radius 3 is 2.87 bits per heavy atom. The molecule has 0 aromatic rings. The van der Waals surface area contributed by atoms with Crippen LogP contribution in [0.4, 0.5) is 0 Å². The normalized spacial score (nSPS) is 30.3. The van der Waals surface area contributed by atoms with Gasteiger partial charge in [0.1, 0.15) is 5.76 Å². The van der Waals surface area contributed by atoms with Crippen molar-refractivity contribution in [2.24, 2.45) is 0 Å². The minimum Gasteiger partial charge on any atom is -1.00 e. The van der Waals surface area contributed by atoms with Crippen molar-refractivity contribution in [1.82, 2.24) is 4.90 Å². The van der Waals surface area contributed by atoms with E-state index in [-0.39, 0.29) is 77.5 Å². The molecule has 0 aliphatic carbocycles. The summed E-state index contributed by atoms with van der Waals surface area (Å²) in [5, 5.41) is 17.5. The summed E-state index contributed by atoms with van der Waals surface area (Å²) in [6.07, 6.45) is 1.03. The average molecular weight is 239 g/mol. The standard InChI is InChI=1S/C8H9NO5.K.H/c10-2-1-4-7(8(12)13)9-5(11)3-6(9)14-4;;/h1,6-7,10H,2-3H2,(H,12,13);;/q;+1;-1/t6-,7?;;/m1../s1. The Kier molecular flexibility index (Phi) is 4.33. The molecule has 2 rings (SSSR count). The van der Waals surface area contributed by atoms with Crippen molar-refractivity contribution in [3.8, 4) is 0 Å². The molecule has 0 aromatic heterocycles. The first-order valence-corrected chi connectivity index (χ1v) is 4.16. The molecule has 0 spiro atoms. The summed E-state index contributed by atoms with van der Waals surface area (Å²) in [6, 6.07) is -1.06. The SMILES string of the molecule is O=C(O)C1C(=CCO)O[C@@H]2CC(=O)N12.[H-].[K+]. The van der Waals surface area contributed by atoms with Gasteiger partial charge in [-0.25, -0.2) is 4.79 Å². The molecule has 2 atom stereocenters. The number of β-lactam (4-membered cyclic amide) rings is 1. The number of carbonyl (C=O) groups excluding carboxylic acids is 1. The first-order chi connectivity index (χ1) is 6.65. The van der Waals surface area contributed by atoms with Crippen LogP contribution < -0.4 is 51.4 Å². The van der Waals surface area contributed by atoms with Crippen LogP contribution in [0.25, 0.3) is 0 Å². The Bertz CT molecular complexity index is 334. The summed E-state index contributed by atoms with van der Waals surface area (Å²) < 4.78 is 5.17. The molecule has 2 saturated heterocycles. The third-order valence-corrected chi connectivity index (χ3v) is 2.29. The molecular formula is C8H10KNO5. The van der Waals surface area contributed by atoms with E-state index in [0.29, 0.717) is 0 Å². The molecule has 6 nitrogen and oxygen atoms in total. The van der Waals surface area contributed by atoms with Gasteiger partial charge >= 0.3 is 57.4 Å². The number of aliphatic carboxylic acids is 1.